The van der Waals surface area contributed by atoms with Crippen molar-refractivity contribution in [2.45, 2.75) is 0 Å². The zero-order valence-electron chi connectivity index (χ0n) is 7.59. The van der Waals surface area contributed by atoms with E-state index in [1.807, 2.05) is 18.2 Å². The fraction of sp³-hybridized carbons (Fsp3) is 0. The summed E-state index contributed by atoms with van der Waals surface area (Å²) in [5.74, 6) is 0.936. The van der Waals surface area contributed by atoms with Crippen molar-refractivity contribution in [1.29, 1.82) is 0 Å². The van der Waals surface area contributed by atoms with Gasteiger partial charge in [0.2, 0.25) is 0 Å². The quantitative estimate of drug-likeness (QED) is 0.792. The Morgan fingerprint density at radius 1 is 1.00 bits per heavy atom. The first-order valence-electron chi connectivity index (χ1n) is 4.37. The zero-order valence-corrected chi connectivity index (χ0v) is 9.92. The number of hydrogen-bond donors (Lipinski definition) is 0. The summed E-state index contributed by atoms with van der Waals surface area (Å²) in [4.78, 5) is 0. The maximum absolute atomic E-state index is 5.21. The van der Waals surface area contributed by atoms with Gasteiger partial charge in [-0.1, -0.05) is 0 Å². The van der Waals surface area contributed by atoms with Crippen LogP contribution in [0.25, 0.3) is 6.08 Å². The summed E-state index contributed by atoms with van der Waals surface area (Å²) in [6.07, 6.45) is 3.75. The Balaban J connectivity index is 1.95. The second-order valence-corrected chi connectivity index (χ2v) is 5.54. The second kappa shape index (κ2) is 5.05. The van der Waals surface area contributed by atoms with Crippen molar-refractivity contribution in [2.24, 2.45) is 0 Å². The van der Waals surface area contributed by atoms with Crippen LogP contribution in [0.15, 0.2) is 57.3 Å². The van der Waals surface area contributed by atoms with E-state index >= 15 is 0 Å². The van der Waals surface area contributed by atoms with Gasteiger partial charge in [0, 0.05) is 0 Å². The van der Waals surface area contributed by atoms with Crippen LogP contribution in [0.1, 0.15) is 5.76 Å². The molecule has 0 amide bonds. The molecule has 0 radical (unpaired) electrons. The van der Waals surface area contributed by atoms with Crippen LogP contribution >= 0.6 is 0 Å². The van der Waals surface area contributed by atoms with Crippen LogP contribution in [0.4, 0.5) is 0 Å². The summed E-state index contributed by atoms with van der Waals surface area (Å²) in [6.45, 7) is 0. The molecule has 2 heteroatoms. The van der Waals surface area contributed by atoms with Gasteiger partial charge in [-0.2, -0.15) is 0 Å². The van der Waals surface area contributed by atoms with Gasteiger partial charge in [-0.15, -0.1) is 0 Å². The van der Waals surface area contributed by atoms with Crippen molar-refractivity contribution in [1.82, 2.24) is 0 Å². The molecule has 0 aliphatic heterocycles. The van der Waals surface area contributed by atoms with Crippen molar-refractivity contribution in [3.63, 3.8) is 0 Å². The maximum atomic E-state index is 5.21. The third-order valence-corrected chi connectivity index (χ3v) is 4.05. The average molecular weight is 298 g/mol. The predicted molar refractivity (Wildman–Crippen MR) is 59.6 cm³/mol. The molecule has 70 valence electrons. The molecule has 0 aliphatic carbocycles. The molecule has 0 aliphatic rings. The molecule has 0 N–H and O–H groups in total. The van der Waals surface area contributed by atoms with Gasteiger partial charge in [0.05, 0.1) is 0 Å². The molecule has 0 fully saturated rings. The summed E-state index contributed by atoms with van der Waals surface area (Å²) in [5, 5.41) is 0. The first-order chi connectivity index (χ1) is 6.95. The van der Waals surface area contributed by atoms with Crippen molar-refractivity contribution >= 4 is 30.6 Å². The van der Waals surface area contributed by atoms with E-state index in [1.165, 1.54) is 3.61 Å². The molecular weight excluding hydrogens is 288 g/mol. The van der Waals surface area contributed by atoms with Gasteiger partial charge in [-0.25, -0.2) is 0 Å². The third kappa shape index (κ3) is 2.77. The van der Waals surface area contributed by atoms with Crippen LogP contribution in [-0.2, 0) is 0 Å². The monoisotopic (exact) mass is 300 g/mol. The summed E-state index contributed by atoms with van der Waals surface area (Å²) in [7, 11) is 0. The van der Waals surface area contributed by atoms with Gasteiger partial charge in [-0.05, 0) is 0 Å². The van der Waals surface area contributed by atoms with E-state index in [0.717, 1.165) is 5.76 Å². The van der Waals surface area contributed by atoms with Gasteiger partial charge in [-0.3, -0.25) is 0 Å². The van der Waals surface area contributed by atoms with Crippen molar-refractivity contribution in [3.8, 4) is 0 Å². The van der Waals surface area contributed by atoms with Crippen molar-refractivity contribution in [2.75, 3.05) is 0 Å². The fourth-order valence-electron chi connectivity index (χ4n) is 1.06. The molecule has 0 spiro atoms. The van der Waals surface area contributed by atoms with Crippen molar-refractivity contribution < 1.29 is 4.42 Å². The van der Waals surface area contributed by atoms with Crippen LogP contribution in [0.5, 0.6) is 0 Å². The molecule has 0 saturated carbocycles. The Hall–Kier alpha value is -0.970. The predicted octanol–water partition coefficient (Wildman–Crippen LogP) is 2.28. The van der Waals surface area contributed by atoms with E-state index in [9.17, 15) is 0 Å². The number of furan rings is 1. The minimum absolute atomic E-state index is 0.196. The molecule has 1 aromatic heterocycles. The Kier molecular flexibility index (Phi) is 3.45. The number of hydrogen-bond acceptors (Lipinski definition) is 1. The second-order valence-electron chi connectivity index (χ2n) is 2.75. The Bertz CT molecular complexity index is 390. The van der Waals surface area contributed by atoms with E-state index in [4.69, 9.17) is 4.42 Å². The summed E-state index contributed by atoms with van der Waals surface area (Å²) >= 11 is -0.196. The number of rotatable bonds is 3. The van der Waals surface area contributed by atoms with Gasteiger partial charge in [0.25, 0.3) is 0 Å². The van der Waals surface area contributed by atoms with Crippen LogP contribution in [0.2, 0.25) is 0 Å². The Morgan fingerprint density at radius 3 is 2.57 bits per heavy atom. The Morgan fingerprint density at radius 2 is 1.86 bits per heavy atom. The number of benzene rings is 1. The van der Waals surface area contributed by atoms with Crippen LogP contribution in [0.3, 0.4) is 0 Å². The van der Waals surface area contributed by atoms with Crippen LogP contribution in [-0.4, -0.2) is 20.9 Å². The van der Waals surface area contributed by atoms with E-state index in [1.54, 1.807) is 6.26 Å². The van der Waals surface area contributed by atoms with E-state index < -0.39 is 0 Å². The van der Waals surface area contributed by atoms with Gasteiger partial charge >= 0.3 is 93.6 Å². The summed E-state index contributed by atoms with van der Waals surface area (Å²) in [6, 6.07) is 14.4. The molecule has 2 aromatic rings. The SMILES string of the molecule is C(=C\c1ccco1)/[Te]c1ccccc1. The minimum atomic E-state index is -0.196. The van der Waals surface area contributed by atoms with E-state index in [0.29, 0.717) is 0 Å². The Labute approximate surface area is 93.5 Å². The van der Waals surface area contributed by atoms with Gasteiger partial charge < -0.3 is 0 Å². The molecule has 14 heavy (non-hydrogen) atoms. The van der Waals surface area contributed by atoms with Gasteiger partial charge in [0.15, 0.2) is 0 Å². The topological polar surface area (TPSA) is 13.1 Å². The fourth-order valence-corrected chi connectivity index (χ4v) is 2.99. The molecule has 1 aromatic carbocycles. The zero-order chi connectivity index (χ0) is 9.64. The van der Waals surface area contributed by atoms with E-state index in [2.05, 4.69) is 34.5 Å². The molecular formula is C12H10OTe. The van der Waals surface area contributed by atoms with Gasteiger partial charge in [0.1, 0.15) is 0 Å². The first-order valence-corrected chi connectivity index (χ1v) is 6.88. The van der Waals surface area contributed by atoms with Crippen LogP contribution < -0.4 is 3.61 Å². The first kappa shape index (κ1) is 9.58. The molecule has 2 rings (SSSR count). The standard InChI is InChI=1S/C12H10OTe/c1-2-6-12(7-3-1)14-10-8-11-5-4-9-13-11/h1-10H/b10-8+. The van der Waals surface area contributed by atoms with E-state index in [-0.39, 0.29) is 20.9 Å². The summed E-state index contributed by atoms with van der Waals surface area (Å²) < 4.78 is 8.89. The normalized spacial score (nSPS) is 10.9. The average Bonchev–Trinajstić information content (AvgIpc) is 2.72. The molecule has 0 saturated heterocycles. The molecule has 0 atom stereocenters. The third-order valence-electron chi connectivity index (χ3n) is 1.72. The summed E-state index contributed by atoms with van der Waals surface area (Å²) in [5.41, 5.74) is 0. The van der Waals surface area contributed by atoms with Crippen LogP contribution in [0, 0.1) is 0 Å². The van der Waals surface area contributed by atoms with Crippen molar-refractivity contribution in [3.05, 3.63) is 58.6 Å². The molecule has 1 nitrogen and oxygen atoms in total. The molecule has 0 unspecified atom stereocenters. The molecule has 0 bridgehead atoms. The molecule has 1 heterocycles.